The Hall–Kier alpha value is -1.59. The number of nitrogens with zero attached hydrogens (tertiary/aromatic N) is 1. The van der Waals surface area contributed by atoms with Gasteiger partial charge >= 0.3 is 0 Å². The number of aliphatic hydroxyl groups excluding tert-OH is 2. The van der Waals surface area contributed by atoms with E-state index >= 15 is 0 Å². The van der Waals surface area contributed by atoms with E-state index in [2.05, 4.69) is 0 Å². The SMILES string of the molecule is O=C(c1ccc(O)cc1)N1CC(O)C(O)C1. The number of aromatic hydroxyl groups is 1. The minimum atomic E-state index is -0.874. The molecule has 1 saturated heterocycles. The lowest BCUT2D eigenvalue weighted by Crippen LogP contribution is -2.29. The summed E-state index contributed by atoms with van der Waals surface area (Å²) in [4.78, 5) is 13.3. The molecule has 0 bridgehead atoms. The standard InChI is InChI=1S/C11H13NO4/c13-8-3-1-7(2-4-8)11(16)12-5-9(14)10(15)6-12/h1-4,9-10,13-15H,5-6H2. The summed E-state index contributed by atoms with van der Waals surface area (Å²) in [6.45, 7) is 0.280. The van der Waals surface area contributed by atoms with Crippen LogP contribution in [0.4, 0.5) is 0 Å². The molecule has 2 unspecified atom stereocenters. The number of phenols is 1. The highest BCUT2D eigenvalue weighted by molar-refractivity contribution is 5.94. The highest BCUT2D eigenvalue weighted by Crippen LogP contribution is 2.16. The summed E-state index contributed by atoms with van der Waals surface area (Å²) in [7, 11) is 0. The van der Waals surface area contributed by atoms with Crippen LogP contribution in [0.1, 0.15) is 10.4 Å². The van der Waals surface area contributed by atoms with Crippen LogP contribution in [0.2, 0.25) is 0 Å². The zero-order valence-electron chi connectivity index (χ0n) is 8.58. The second-order valence-electron chi connectivity index (χ2n) is 3.89. The number of phenolic OH excluding ortho intramolecular Hbond substituents is 1. The minimum absolute atomic E-state index is 0.0954. The number of benzene rings is 1. The molecule has 0 radical (unpaired) electrons. The maximum Gasteiger partial charge on any atom is 0.254 e. The molecule has 5 nitrogen and oxygen atoms in total. The number of aliphatic hydroxyl groups is 2. The molecular formula is C11H13NO4. The first-order chi connectivity index (χ1) is 7.58. The first-order valence-electron chi connectivity index (χ1n) is 5.02. The van der Waals surface area contributed by atoms with Crippen LogP contribution in [-0.2, 0) is 0 Å². The van der Waals surface area contributed by atoms with Crippen LogP contribution in [0, 0.1) is 0 Å². The molecule has 86 valence electrons. The molecule has 1 fully saturated rings. The average molecular weight is 223 g/mol. The van der Waals surface area contributed by atoms with Gasteiger partial charge in [0.25, 0.3) is 5.91 Å². The van der Waals surface area contributed by atoms with Gasteiger partial charge in [0.1, 0.15) is 5.75 Å². The Bertz CT molecular complexity index is 379. The van der Waals surface area contributed by atoms with Crippen LogP contribution in [0.25, 0.3) is 0 Å². The molecule has 1 aliphatic heterocycles. The molecule has 5 heteroatoms. The number of β-amino-alcohol motifs (C(OH)–C–C–N with tert-alkyl or cyclic N) is 2. The van der Waals surface area contributed by atoms with Gasteiger partial charge in [0.15, 0.2) is 0 Å². The van der Waals surface area contributed by atoms with Gasteiger partial charge in [0.2, 0.25) is 0 Å². The van der Waals surface area contributed by atoms with Crippen molar-refractivity contribution in [1.82, 2.24) is 4.90 Å². The smallest absolute Gasteiger partial charge is 0.254 e. The number of amides is 1. The van der Waals surface area contributed by atoms with E-state index in [1.54, 1.807) is 0 Å². The van der Waals surface area contributed by atoms with Gasteiger partial charge in [0, 0.05) is 18.7 Å². The lowest BCUT2D eigenvalue weighted by Gasteiger charge is -2.15. The number of hydrogen-bond donors (Lipinski definition) is 3. The van der Waals surface area contributed by atoms with E-state index in [-0.39, 0.29) is 24.7 Å². The fraction of sp³-hybridized carbons (Fsp3) is 0.364. The molecule has 0 saturated carbocycles. The van der Waals surface area contributed by atoms with E-state index < -0.39 is 12.2 Å². The number of hydrogen-bond acceptors (Lipinski definition) is 4. The second kappa shape index (κ2) is 4.11. The predicted molar refractivity (Wildman–Crippen MR) is 56.0 cm³/mol. The summed E-state index contributed by atoms with van der Waals surface area (Å²) in [5, 5.41) is 27.7. The first-order valence-corrected chi connectivity index (χ1v) is 5.02. The van der Waals surface area contributed by atoms with E-state index in [1.165, 1.54) is 29.2 Å². The lowest BCUT2D eigenvalue weighted by atomic mass is 10.2. The van der Waals surface area contributed by atoms with Crippen molar-refractivity contribution in [1.29, 1.82) is 0 Å². The molecule has 1 aromatic carbocycles. The zero-order valence-corrected chi connectivity index (χ0v) is 8.58. The predicted octanol–water partition coefficient (Wildman–Crippen LogP) is -0.430. The van der Waals surface area contributed by atoms with E-state index in [4.69, 9.17) is 5.11 Å². The van der Waals surface area contributed by atoms with Crippen molar-refractivity contribution in [3.8, 4) is 5.75 Å². The molecule has 0 spiro atoms. The third-order valence-corrected chi connectivity index (χ3v) is 2.66. The molecular weight excluding hydrogens is 210 g/mol. The topological polar surface area (TPSA) is 81.0 Å². The number of carbonyl (C=O) groups is 1. The first kappa shape index (κ1) is 10.9. The summed E-state index contributed by atoms with van der Waals surface area (Å²) in [5.74, 6) is -0.159. The Morgan fingerprint density at radius 1 is 1.12 bits per heavy atom. The fourth-order valence-electron chi connectivity index (χ4n) is 1.72. The molecule has 0 aromatic heterocycles. The zero-order chi connectivity index (χ0) is 11.7. The highest BCUT2D eigenvalue weighted by atomic mass is 16.3. The number of rotatable bonds is 1. The largest absolute Gasteiger partial charge is 0.508 e. The maximum atomic E-state index is 11.9. The summed E-state index contributed by atoms with van der Waals surface area (Å²) >= 11 is 0. The Labute approximate surface area is 92.6 Å². The van der Waals surface area contributed by atoms with Gasteiger partial charge < -0.3 is 20.2 Å². The summed E-state index contributed by atoms with van der Waals surface area (Å²) in [6.07, 6.45) is -1.75. The van der Waals surface area contributed by atoms with E-state index in [0.717, 1.165) is 0 Å². The van der Waals surface area contributed by atoms with E-state index in [0.29, 0.717) is 5.56 Å². The summed E-state index contributed by atoms with van der Waals surface area (Å²) in [6, 6.07) is 5.87. The summed E-state index contributed by atoms with van der Waals surface area (Å²) < 4.78 is 0. The molecule has 3 N–H and O–H groups in total. The van der Waals surface area contributed by atoms with Crippen molar-refractivity contribution in [2.24, 2.45) is 0 Å². The Balaban J connectivity index is 2.11. The fourth-order valence-corrected chi connectivity index (χ4v) is 1.72. The Morgan fingerprint density at radius 3 is 2.12 bits per heavy atom. The van der Waals surface area contributed by atoms with Crippen LogP contribution in [0.15, 0.2) is 24.3 Å². The molecule has 1 heterocycles. The highest BCUT2D eigenvalue weighted by Gasteiger charge is 2.32. The van der Waals surface area contributed by atoms with Gasteiger partial charge in [0.05, 0.1) is 12.2 Å². The Kier molecular flexibility index (Phi) is 2.80. The maximum absolute atomic E-state index is 11.9. The van der Waals surface area contributed by atoms with Crippen LogP contribution in [0.5, 0.6) is 5.75 Å². The van der Waals surface area contributed by atoms with Crippen LogP contribution in [-0.4, -0.2) is 51.4 Å². The molecule has 1 amide bonds. The van der Waals surface area contributed by atoms with Gasteiger partial charge in [-0.25, -0.2) is 0 Å². The molecule has 16 heavy (non-hydrogen) atoms. The lowest BCUT2D eigenvalue weighted by molar-refractivity contribution is 0.0572. The van der Waals surface area contributed by atoms with Gasteiger partial charge in [-0.3, -0.25) is 4.79 Å². The van der Waals surface area contributed by atoms with Crippen LogP contribution < -0.4 is 0 Å². The van der Waals surface area contributed by atoms with Gasteiger partial charge in [-0.2, -0.15) is 0 Å². The molecule has 0 aliphatic carbocycles. The van der Waals surface area contributed by atoms with E-state index in [9.17, 15) is 15.0 Å². The van der Waals surface area contributed by atoms with Crippen LogP contribution in [0.3, 0.4) is 0 Å². The third-order valence-electron chi connectivity index (χ3n) is 2.66. The third kappa shape index (κ3) is 2.00. The monoisotopic (exact) mass is 223 g/mol. The van der Waals surface area contributed by atoms with Crippen molar-refractivity contribution < 1.29 is 20.1 Å². The summed E-state index contributed by atoms with van der Waals surface area (Å²) in [5.41, 5.74) is 0.430. The van der Waals surface area contributed by atoms with Crippen molar-refractivity contribution >= 4 is 5.91 Å². The van der Waals surface area contributed by atoms with Gasteiger partial charge in [-0.05, 0) is 24.3 Å². The molecule has 2 atom stereocenters. The van der Waals surface area contributed by atoms with Gasteiger partial charge in [-0.15, -0.1) is 0 Å². The molecule has 1 aromatic rings. The van der Waals surface area contributed by atoms with Crippen molar-refractivity contribution in [2.45, 2.75) is 12.2 Å². The minimum Gasteiger partial charge on any atom is -0.508 e. The Morgan fingerprint density at radius 2 is 1.62 bits per heavy atom. The molecule has 1 aliphatic rings. The van der Waals surface area contributed by atoms with Crippen molar-refractivity contribution in [2.75, 3.05) is 13.1 Å². The molecule has 2 rings (SSSR count). The van der Waals surface area contributed by atoms with E-state index in [1.807, 2.05) is 0 Å². The quantitative estimate of drug-likeness (QED) is 0.603. The van der Waals surface area contributed by atoms with Crippen molar-refractivity contribution in [3.05, 3.63) is 29.8 Å². The average Bonchev–Trinajstić information content (AvgIpc) is 2.59. The van der Waals surface area contributed by atoms with Gasteiger partial charge in [-0.1, -0.05) is 0 Å². The number of likely N-dealkylation sites (tertiary alicyclic amines) is 1. The van der Waals surface area contributed by atoms with Crippen molar-refractivity contribution in [3.63, 3.8) is 0 Å². The number of carbonyl (C=O) groups excluding carboxylic acids is 1. The second-order valence-corrected chi connectivity index (χ2v) is 3.89. The normalized spacial score (nSPS) is 24.8. The van der Waals surface area contributed by atoms with Crippen LogP contribution >= 0.6 is 0 Å².